The Morgan fingerprint density at radius 2 is 2.19 bits per heavy atom. The number of aliphatic hydroxyl groups excluding tert-OH is 1. The van der Waals surface area contributed by atoms with E-state index in [2.05, 4.69) is 21.8 Å². The number of nitrogens with one attached hydrogen (secondary N) is 1. The lowest BCUT2D eigenvalue weighted by atomic mass is 10.1. The molecule has 0 saturated heterocycles. The Bertz CT molecular complexity index is 762. The van der Waals surface area contributed by atoms with Gasteiger partial charge < -0.3 is 10.1 Å². The summed E-state index contributed by atoms with van der Waals surface area (Å²) in [6.45, 7) is 1.47. The van der Waals surface area contributed by atoms with E-state index in [1.54, 1.807) is 13.0 Å². The number of hydrogen-bond donors (Lipinski definition) is 2. The molecule has 0 atom stereocenters. The summed E-state index contributed by atoms with van der Waals surface area (Å²) in [6, 6.07) is 5.87. The first-order chi connectivity index (χ1) is 10.1. The van der Waals surface area contributed by atoms with E-state index in [1.165, 1.54) is 30.0 Å². The highest BCUT2D eigenvalue weighted by Gasteiger charge is 2.03. The molecule has 1 aromatic heterocycles. The average Bonchev–Trinajstić information content (AvgIpc) is 2.41. The molecule has 0 aliphatic rings. The third kappa shape index (κ3) is 4.74. The number of nitrogens with zero attached hydrogens (tertiary/aromatic N) is 1. The molecule has 0 saturated carbocycles. The third-order valence-corrected chi connectivity index (χ3v) is 3.44. The van der Waals surface area contributed by atoms with Crippen molar-refractivity contribution in [3.05, 3.63) is 57.3 Å². The van der Waals surface area contributed by atoms with Gasteiger partial charge in [0.2, 0.25) is 0 Å². The van der Waals surface area contributed by atoms with Crippen molar-refractivity contribution in [3.8, 4) is 11.8 Å². The van der Waals surface area contributed by atoms with Crippen LogP contribution < -0.4 is 5.56 Å². The van der Waals surface area contributed by atoms with Gasteiger partial charge in [-0.25, -0.2) is 9.37 Å². The average molecular weight is 304 g/mol. The predicted octanol–water partition coefficient (Wildman–Crippen LogP) is 1.85. The van der Waals surface area contributed by atoms with Gasteiger partial charge in [-0.05, 0) is 30.7 Å². The zero-order valence-corrected chi connectivity index (χ0v) is 12.1. The maximum Gasteiger partial charge on any atom is 0.251 e. The molecule has 1 heterocycles. The van der Waals surface area contributed by atoms with Crippen LogP contribution in [0.5, 0.6) is 0 Å². The van der Waals surface area contributed by atoms with Crippen LogP contribution in [0.3, 0.4) is 0 Å². The Morgan fingerprint density at radius 1 is 1.38 bits per heavy atom. The molecule has 21 heavy (non-hydrogen) atoms. The van der Waals surface area contributed by atoms with Gasteiger partial charge in [-0.1, -0.05) is 23.6 Å². The van der Waals surface area contributed by atoms with Crippen LogP contribution in [-0.4, -0.2) is 21.7 Å². The van der Waals surface area contributed by atoms with Crippen molar-refractivity contribution < 1.29 is 9.50 Å². The Morgan fingerprint density at radius 3 is 2.90 bits per heavy atom. The third-order valence-electron chi connectivity index (χ3n) is 2.49. The second kappa shape index (κ2) is 7.07. The number of aryl methyl sites for hydroxylation is 1. The van der Waals surface area contributed by atoms with Crippen molar-refractivity contribution in [2.45, 2.75) is 17.8 Å². The van der Waals surface area contributed by atoms with Crippen LogP contribution in [0.4, 0.5) is 4.39 Å². The number of hydrogen-bond acceptors (Lipinski definition) is 4. The number of H-pyrrole nitrogens is 1. The monoisotopic (exact) mass is 304 g/mol. The molecule has 0 amide bonds. The van der Waals surface area contributed by atoms with E-state index >= 15 is 0 Å². The Hall–Kier alpha value is -2.10. The highest BCUT2D eigenvalue weighted by Crippen LogP contribution is 2.20. The summed E-state index contributed by atoms with van der Waals surface area (Å²) in [4.78, 5) is 18.2. The molecule has 0 aliphatic carbocycles. The first-order valence-electron chi connectivity index (χ1n) is 6.17. The second-order valence-corrected chi connectivity index (χ2v) is 5.25. The van der Waals surface area contributed by atoms with Gasteiger partial charge in [0.1, 0.15) is 12.4 Å². The van der Waals surface area contributed by atoms with E-state index in [9.17, 15) is 9.18 Å². The van der Waals surface area contributed by atoms with Crippen LogP contribution in [-0.2, 0) is 5.75 Å². The summed E-state index contributed by atoms with van der Waals surface area (Å²) in [5, 5.41) is 9.15. The fourth-order valence-corrected chi connectivity index (χ4v) is 2.57. The number of aromatic nitrogens is 2. The van der Waals surface area contributed by atoms with Crippen molar-refractivity contribution in [3.63, 3.8) is 0 Å². The summed E-state index contributed by atoms with van der Waals surface area (Å²) < 4.78 is 13.5. The van der Waals surface area contributed by atoms with E-state index in [4.69, 9.17) is 5.11 Å². The first kappa shape index (κ1) is 15.3. The SMILES string of the molecule is Cc1cc(=O)[nH]c(SCc2cc(F)cc(C#CCO)c2)n1. The maximum absolute atomic E-state index is 13.5. The van der Waals surface area contributed by atoms with E-state index in [1.807, 2.05) is 0 Å². The minimum Gasteiger partial charge on any atom is -0.384 e. The quantitative estimate of drug-likeness (QED) is 0.516. The van der Waals surface area contributed by atoms with Gasteiger partial charge in [0.25, 0.3) is 5.56 Å². The van der Waals surface area contributed by atoms with Gasteiger partial charge >= 0.3 is 0 Å². The van der Waals surface area contributed by atoms with Gasteiger partial charge in [0.15, 0.2) is 5.16 Å². The highest BCUT2D eigenvalue weighted by atomic mass is 32.2. The molecule has 0 bridgehead atoms. The van der Waals surface area contributed by atoms with Crippen LogP contribution in [0.2, 0.25) is 0 Å². The molecular weight excluding hydrogens is 291 g/mol. The van der Waals surface area contributed by atoms with Crippen LogP contribution in [0.25, 0.3) is 0 Å². The maximum atomic E-state index is 13.5. The summed E-state index contributed by atoms with van der Waals surface area (Å²) in [5.74, 6) is 5.22. The molecular formula is C15H13FN2O2S. The smallest absolute Gasteiger partial charge is 0.251 e. The van der Waals surface area contributed by atoms with E-state index in [0.29, 0.717) is 22.2 Å². The molecule has 6 heteroatoms. The van der Waals surface area contributed by atoms with Crippen LogP contribution in [0, 0.1) is 24.6 Å². The molecule has 2 aromatic rings. The van der Waals surface area contributed by atoms with Crippen LogP contribution in [0.1, 0.15) is 16.8 Å². The van der Waals surface area contributed by atoms with E-state index < -0.39 is 0 Å². The van der Waals surface area contributed by atoms with Crippen molar-refractivity contribution in [1.29, 1.82) is 0 Å². The molecule has 2 rings (SSSR count). The van der Waals surface area contributed by atoms with Gasteiger partial charge in [0.05, 0.1) is 0 Å². The fourth-order valence-electron chi connectivity index (χ4n) is 1.72. The van der Waals surface area contributed by atoms with Crippen molar-refractivity contribution in [2.75, 3.05) is 6.61 Å². The van der Waals surface area contributed by atoms with E-state index in [-0.39, 0.29) is 18.0 Å². The lowest BCUT2D eigenvalue weighted by Crippen LogP contribution is -2.08. The summed E-state index contributed by atoms with van der Waals surface area (Å²) in [7, 11) is 0. The van der Waals surface area contributed by atoms with Crippen LogP contribution >= 0.6 is 11.8 Å². The van der Waals surface area contributed by atoms with Crippen molar-refractivity contribution in [1.82, 2.24) is 9.97 Å². The number of thioether (sulfide) groups is 1. The summed E-state index contributed by atoms with van der Waals surface area (Å²) >= 11 is 1.31. The Balaban J connectivity index is 2.16. The largest absolute Gasteiger partial charge is 0.384 e. The molecule has 1 aromatic carbocycles. The summed E-state index contributed by atoms with van der Waals surface area (Å²) in [6.07, 6.45) is 0. The van der Waals surface area contributed by atoms with Gasteiger partial charge in [-0.3, -0.25) is 4.79 Å². The number of benzene rings is 1. The second-order valence-electron chi connectivity index (χ2n) is 4.29. The van der Waals surface area contributed by atoms with E-state index in [0.717, 1.165) is 5.56 Å². The highest BCUT2D eigenvalue weighted by molar-refractivity contribution is 7.98. The van der Waals surface area contributed by atoms with Gasteiger partial charge in [0, 0.05) is 23.1 Å². The first-order valence-corrected chi connectivity index (χ1v) is 7.15. The number of aromatic amines is 1. The Labute approximate surface area is 125 Å². The normalized spacial score (nSPS) is 10.0. The molecule has 0 fully saturated rings. The van der Waals surface area contributed by atoms with Gasteiger partial charge in [-0.15, -0.1) is 0 Å². The topological polar surface area (TPSA) is 66.0 Å². The zero-order valence-electron chi connectivity index (χ0n) is 11.3. The Kier molecular flexibility index (Phi) is 5.14. The molecule has 0 aliphatic heterocycles. The number of aliphatic hydroxyl groups is 1. The lowest BCUT2D eigenvalue weighted by molar-refractivity contribution is 0.350. The number of rotatable bonds is 3. The molecule has 2 N–H and O–H groups in total. The minimum atomic E-state index is -0.388. The molecule has 108 valence electrons. The summed E-state index contributed by atoms with van der Waals surface area (Å²) in [5.41, 5.74) is 1.66. The van der Waals surface area contributed by atoms with Crippen molar-refractivity contribution >= 4 is 11.8 Å². The van der Waals surface area contributed by atoms with Crippen LogP contribution in [0.15, 0.2) is 34.2 Å². The molecule has 0 radical (unpaired) electrons. The fraction of sp³-hybridized carbons (Fsp3) is 0.200. The minimum absolute atomic E-state index is 0.209. The van der Waals surface area contributed by atoms with Gasteiger partial charge in [-0.2, -0.15) is 0 Å². The van der Waals surface area contributed by atoms with Crippen molar-refractivity contribution in [2.24, 2.45) is 0 Å². The molecule has 4 nitrogen and oxygen atoms in total. The zero-order chi connectivity index (χ0) is 15.2. The molecule has 0 spiro atoms. The predicted molar refractivity (Wildman–Crippen MR) is 79.5 cm³/mol. The number of halogens is 1. The lowest BCUT2D eigenvalue weighted by Gasteiger charge is -2.03. The standard InChI is InChI=1S/C15H13FN2O2S/c1-10-5-14(20)18-15(17-10)21-9-12-6-11(3-2-4-19)7-13(16)8-12/h5-8,19H,4,9H2,1H3,(H,17,18,20). The molecule has 0 unspecified atom stereocenters.